The van der Waals surface area contributed by atoms with E-state index < -0.39 is 29.4 Å². The van der Waals surface area contributed by atoms with Crippen LogP contribution in [0, 0.1) is 11.6 Å². The van der Waals surface area contributed by atoms with Crippen molar-refractivity contribution < 1.29 is 26.7 Å². The molecule has 2 heterocycles. The van der Waals surface area contributed by atoms with Gasteiger partial charge in [-0.05, 0) is 31.0 Å². The Labute approximate surface area is 151 Å². The largest absolute Gasteiger partial charge is 0.433 e. The van der Waals surface area contributed by atoms with E-state index in [-0.39, 0.29) is 17.4 Å². The maximum atomic E-state index is 13.6. The number of anilines is 1. The van der Waals surface area contributed by atoms with E-state index in [2.05, 4.69) is 15.3 Å². The lowest BCUT2D eigenvalue weighted by atomic mass is 10.0. The van der Waals surface area contributed by atoms with Crippen molar-refractivity contribution in [3.8, 4) is 0 Å². The van der Waals surface area contributed by atoms with Crippen molar-refractivity contribution in [1.29, 1.82) is 0 Å². The quantitative estimate of drug-likeness (QED) is 0.824. The van der Waals surface area contributed by atoms with Gasteiger partial charge < -0.3 is 10.2 Å². The molecule has 1 aliphatic rings. The number of hydrogen-bond acceptors (Lipinski definition) is 4. The van der Waals surface area contributed by atoms with Gasteiger partial charge in [0.15, 0.2) is 0 Å². The highest BCUT2D eigenvalue weighted by Crippen LogP contribution is 2.29. The Morgan fingerprint density at radius 3 is 2.48 bits per heavy atom. The maximum absolute atomic E-state index is 13.6. The van der Waals surface area contributed by atoms with Gasteiger partial charge in [0.25, 0.3) is 5.91 Å². The van der Waals surface area contributed by atoms with Gasteiger partial charge in [-0.3, -0.25) is 4.79 Å². The smallest absolute Gasteiger partial charge is 0.356 e. The molecule has 1 N–H and O–H groups in total. The van der Waals surface area contributed by atoms with Gasteiger partial charge in [0, 0.05) is 25.2 Å². The molecule has 1 aliphatic heterocycles. The molecule has 5 nitrogen and oxygen atoms in total. The third-order valence-corrected chi connectivity index (χ3v) is 4.27. The predicted octanol–water partition coefficient (Wildman–Crippen LogP) is 3.17. The van der Waals surface area contributed by atoms with Crippen LogP contribution in [-0.2, 0) is 6.18 Å². The van der Waals surface area contributed by atoms with Crippen LogP contribution in [0.5, 0.6) is 0 Å². The van der Waals surface area contributed by atoms with Crippen LogP contribution >= 0.6 is 0 Å². The van der Waals surface area contributed by atoms with Crippen molar-refractivity contribution in [3.63, 3.8) is 0 Å². The van der Waals surface area contributed by atoms with Crippen LogP contribution in [0.25, 0.3) is 0 Å². The number of amides is 1. The fourth-order valence-electron chi connectivity index (χ4n) is 2.86. The molecular formula is C17H15F5N4O. The second-order valence-corrected chi connectivity index (χ2v) is 6.12. The SMILES string of the molecule is O=C(NC1CCN(c2cc(C(F)(F)F)ncn2)CC1)c1cc(F)ccc1F. The van der Waals surface area contributed by atoms with Crippen LogP contribution in [0.3, 0.4) is 0 Å². The van der Waals surface area contributed by atoms with Crippen molar-refractivity contribution in [1.82, 2.24) is 15.3 Å². The topological polar surface area (TPSA) is 58.1 Å². The molecule has 27 heavy (non-hydrogen) atoms. The highest BCUT2D eigenvalue weighted by Gasteiger charge is 2.33. The van der Waals surface area contributed by atoms with Gasteiger partial charge in [-0.1, -0.05) is 0 Å². The van der Waals surface area contributed by atoms with Crippen LogP contribution in [0.15, 0.2) is 30.6 Å². The van der Waals surface area contributed by atoms with Crippen LogP contribution in [0.4, 0.5) is 27.8 Å². The highest BCUT2D eigenvalue weighted by atomic mass is 19.4. The predicted molar refractivity (Wildman–Crippen MR) is 86.1 cm³/mol. The number of hydrogen-bond donors (Lipinski definition) is 1. The lowest BCUT2D eigenvalue weighted by Gasteiger charge is -2.33. The number of alkyl halides is 3. The first-order valence-corrected chi connectivity index (χ1v) is 8.14. The fourth-order valence-corrected chi connectivity index (χ4v) is 2.86. The number of rotatable bonds is 3. The van der Waals surface area contributed by atoms with E-state index in [9.17, 15) is 26.7 Å². The van der Waals surface area contributed by atoms with Gasteiger partial charge in [-0.2, -0.15) is 13.2 Å². The van der Waals surface area contributed by atoms with Gasteiger partial charge >= 0.3 is 6.18 Å². The summed E-state index contributed by atoms with van der Waals surface area (Å²) in [5, 5.41) is 2.63. The Bertz CT molecular complexity index is 834. The summed E-state index contributed by atoms with van der Waals surface area (Å²) in [5.74, 6) is -2.13. The lowest BCUT2D eigenvalue weighted by molar-refractivity contribution is -0.141. The zero-order valence-electron chi connectivity index (χ0n) is 13.9. The number of halogens is 5. The van der Waals surface area contributed by atoms with Gasteiger partial charge in [-0.25, -0.2) is 18.7 Å². The molecule has 2 aromatic rings. The van der Waals surface area contributed by atoms with E-state index in [0.717, 1.165) is 30.6 Å². The molecule has 0 saturated carbocycles. The number of nitrogens with zero attached hydrogens (tertiary/aromatic N) is 3. The highest BCUT2D eigenvalue weighted by molar-refractivity contribution is 5.94. The number of aromatic nitrogens is 2. The molecule has 1 amide bonds. The Kier molecular flexibility index (Phi) is 5.24. The molecule has 0 aliphatic carbocycles. The number of carbonyl (C=O) groups is 1. The third kappa shape index (κ3) is 4.50. The Balaban J connectivity index is 1.61. The minimum atomic E-state index is -4.56. The molecular weight excluding hydrogens is 371 g/mol. The first-order valence-electron chi connectivity index (χ1n) is 8.14. The van der Waals surface area contributed by atoms with Crippen LogP contribution in [0.2, 0.25) is 0 Å². The van der Waals surface area contributed by atoms with Gasteiger partial charge in [0.2, 0.25) is 0 Å². The summed E-state index contributed by atoms with van der Waals surface area (Å²) in [6, 6.07) is 3.18. The average molecular weight is 386 g/mol. The third-order valence-electron chi connectivity index (χ3n) is 4.27. The monoisotopic (exact) mass is 386 g/mol. The normalized spacial score (nSPS) is 15.7. The molecule has 0 spiro atoms. The molecule has 0 bridgehead atoms. The first kappa shape index (κ1) is 19.0. The number of piperidine rings is 1. The summed E-state index contributed by atoms with van der Waals surface area (Å²) < 4.78 is 65.1. The van der Waals surface area contributed by atoms with Crippen molar-refractivity contribution in [2.75, 3.05) is 18.0 Å². The molecule has 1 aromatic carbocycles. The van der Waals surface area contributed by atoms with Gasteiger partial charge in [-0.15, -0.1) is 0 Å². The minimum Gasteiger partial charge on any atom is -0.356 e. The molecule has 144 valence electrons. The van der Waals surface area contributed by atoms with E-state index in [1.165, 1.54) is 0 Å². The van der Waals surface area contributed by atoms with Gasteiger partial charge in [0.05, 0.1) is 5.56 Å². The molecule has 3 rings (SSSR count). The number of carbonyl (C=O) groups excluding carboxylic acids is 1. The molecule has 0 atom stereocenters. The number of nitrogens with one attached hydrogen (secondary N) is 1. The van der Waals surface area contributed by atoms with E-state index in [1.54, 1.807) is 4.90 Å². The maximum Gasteiger partial charge on any atom is 0.433 e. The van der Waals surface area contributed by atoms with E-state index in [4.69, 9.17) is 0 Å². The summed E-state index contributed by atoms with van der Waals surface area (Å²) in [4.78, 5) is 20.9. The second-order valence-electron chi connectivity index (χ2n) is 6.12. The zero-order chi connectivity index (χ0) is 19.6. The molecule has 1 saturated heterocycles. The Morgan fingerprint density at radius 2 is 1.81 bits per heavy atom. The molecule has 1 fully saturated rings. The minimum absolute atomic E-state index is 0.151. The van der Waals surface area contributed by atoms with E-state index in [0.29, 0.717) is 25.9 Å². The molecule has 1 aromatic heterocycles. The number of benzene rings is 1. The molecule has 0 radical (unpaired) electrons. The summed E-state index contributed by atoms with van der Waals surface area (Å²) in [6.07, 6.45) is -2.85. The zero-order valence-corrected chi connectivity index (χ0v) is 13.9. The van der Waals surface area contributed by atoms with Crippen molar-refractivity contribution in [2.24, 2.45) is 0 Å². The Hall–Kier alpha value is -2.78. The summed E-state index contributed by atoms with van der Waals surface area (Å²) in [6.45, 7) is 0.704. The van der Waals surface area contributed by atoms with Crippen LogP contribution in [-0.4, -0.2) is 35.0 Å². The van der Waals surface area contributed by atoms with E-state index in [1.807, 2.05) is 0 Å². The van der Waals surface area contributed by atoms with Crippen LogP contribution in [0.1, 0.15) is 28.9 Å². The lowest BCUT2D eigenvalue weighted by Crippen LogP contribution is -2.45. The van der Waals surface area contributed by atoms with Crippen molar-refractivity contribution >= 4 is 11.7 Å². The van der Waals surface area contributed by atoms with Crippen molar-refractivity contribution in [3.05, 3.63) is 53.5 Å². The average Bonchev–Trinajstić information content (AvgIpc) is 2.63. The van der Waals surface area contributed by atoms with E-state index >= 15 is 0 Å². The summed E-state index contributed by atoms with van der Waals surface area (Å²) in [7, 11) is 0. The molecule has 0 unspecified atom stereocenters. The van der Waals surface area contributed by atoms with Crippen LogP contribution < -0.4 is 10.2 Å². The second kappa shape index (κ2) is 7.45. The fraction of sp³-hybridized carbons (Fsp3) is 0.353. The van der Waals surface area contributed by atoms with Gasteiger partial charge in [0.1, 0.15) is 29.5 Å². The summed E-state index contributed by atoms with van der Waals surface area (Å²) >= 11 is 0. The Morgan fingerprint density at radius 1 is 1.11 bits per heavy atom. The standard InChI is InChI=1S/C17H15F5N4O/c18-10-1-2-13(19)12(7-10)16(27)25-11-3-5-26(6-4-11)15-8-14(17(20,21)22)23-9-24-15/h1-2,7-9,11H,3-6H2,(H,25,27). The summed E-state index contributed by atoms with van der Waals surface area (Å²) in [5.41, 5.74) is -1.41. The molecule has 10 heteroatoms. The van der Waals surface area contributed by atoms with Crippen molar-refractivity contribution in [2.45, 2.75) is 25.1 Å². The first-order chi connectivity index (χ1) is 12.7.